The molecule has 1 atom stereocenters. The molecule has 1 N–H and O–H groups in total. The van der Waals surface area contributed by atoms with Gasteiger partial charge in [0.25, 0.3) is 5.91 Å². The van der Waals surface area contributed by atoms with E-state index in [-0.39, 0.29) is 12.0 Å². The first-order valence-electron chi connectivity index (χ1n) is 9.50. The van der Waals surface area contributed by atoms with Crippen molar-refractivity contribution in [1.29, 1.82) is 0 Å². The molecule has 146 valence electrons. The third-order valence-electron chi connectivity index (χ3n) is 5.00. The van der Waals surface area contributed by atoms with Crippen LogP contribution >= 0.6 is 11.3 Å². The molecule has 1 aliphatic heterocycles. The Kier molecular flexibility index (Phi) is 4.79. The Balaban J connectivity index is 1.36. The molecule has 1 aliphatic rings. The summed E-state index contributed by atoms with van der Waals surface area (Å²) in [4.78, 5) is 21.9. The molecule has 5 rings (SSSR count). The van der Waals surface area contributed by atoms with Crippen LogP contribution in [0.3, 0.4) is 0 Å². The smallest absolute Gasteiger partial charge is 0.261 e. The van der Waals surface area contributed by atoms with Gasteiger partial charge in [0.2, 0.25) is 0 Å². The number of fused-ring (bicyclic) bond motifs is 1. The predicted octanol–water partition coefficient (Wildman–Crippen LogP) is 3.43. The zero-order valence-corrected chi connectivity index (χ0v) is 16.4. The molecule has 8 heteroatoms. The van der Waals surface area contributed by atoms with E-state index in [4.69, 9.17) is 4.74 Å². The summed E-state index contributed by atoms with van der Waals surface area (Å²) < 4.78 is 7.32. The number of amides is 1. The average Bonchev–Trinajstić information content (AvgIpc) is 3.52. The van der Waals surface area contributed by atoms with Gasteiger partial charge in [-0.25, -0.2) is 9.50 Å². The van der Waals surface area contributed by atoms with Gasteiger partial charge in [-0.2, -0.15) is 5.10 Å². The van der Waals surface area contributed by atoms with Crippen molar-refractivity contribution in [1.82, 2.24) is 24.9 Å². The van der Waals surface area contributed by atoms with Crippen LogP contribution in [0.1, 0.15) is 22.5 Å². The number of thiophene rings is 1. The number of ether oxygens (including phenoxy) is 1. The van der Waals surface area contributed by atoms with Crippen LogP contribution in [0.2, 0.25) is 0 Å². The third kappa shape index (κ3) is 3.64. The Labute approximate surface area is 171 Å². The summed E-state index contributed by atoms with van der Waals surface area (Å²) in [6.45, 7) is 1.34. The number of nitrogens with one attached hydrogen (secondary N) is 1. The molecule has 29 heavy (non-hydrogen) atoms. The largest absolute Gasteiger partial charge is 0.376 e. The number of nitrogens with zero attached hydrogens (tertiary/aromatic N) is 4. The van der Waals surface area contributed by atoms with Crippen LogP contribution in [-0.2, 0) is 4.74 Å². The standard InChI is InChI=1S/C21H19N5O2S/c27-21(24-10-17-4-2-6-28-17)19-7-15(13-29-19)18-11-25-26-12-16(9-23-20(18)26)14-3-1-5-22-8-14/h1,3,5,7-9,11-13,17H,2,4,6,10H2,(H,24,27)/t17-/m0/s1. The van der Waals surface area contributed by atoms with Gasteiger partial charge in [0, 0.05) is 54.6 Å². The Morgan fingerprint density at radius 1 is 1.28 bits per heavy atom. The SMILES string of the molecule is O=C(NC[C@@H]1CCCO1)c1cc(-c2cnn3cc(-c4cccnc4)cnc23)cs1. The van der Waals surface area contributed by atoms with Crippen LogP contribution in [0.25, 0.3) is 27.9 Å². The molecule has 5 heterocycles. The van der Waals surface area contributed by atoms with Crippen LogP contribution in [-0.4, -0.2) is 44.7 Å². The van der Waals surface area contributed by atoms with E-state index < -0.39 is 0 Å². The maximum absolute atomic E-state index is 12.5. The van der Waals surface area contributed by atoms with Crippen LogP contribution in [0.4, 0.5) is 0 Å². The number of hydrogen-bond donors (Lipinski definition) is 1. The highest BCUT2D eigenvalue weighted by Crippen LogP contribution is 2.29. The number of aromatic nitrogens is 4. The molecule has 1 fully saturated rings. The molecule has 0 spiro atoms. The lowest BCUT2D eigenvalue weighted by molar-refractivity contribution is 0.0861. The van der Waals surface area contributed by atoms with Gasteiger partial charge in [0.1, 0.15) is 0 Å². The van der Waals surface area contributed by atoms with Crippen molar-refractivity contribution >= 4 is 22.9 Å². The molecular weight excluding hydrogens is 386 g/mol. The van der Waals surface area contributed by atoms with Gasteiger partial charge >= 0.3 is 0 Å². The van der Waals surface area contributed by atoms with Gasteiger partial charge in [-0.3, -0.25) is 9.78 Å². The summed E-state index contributed by atoms with van der Waals surface area (Å²) in [6, 6.07) is 5.77. The zero-order chi connectivity index (χ0) is 19.6. The van der Waals surface area contributed by atoms with Gasteiger partial charge in [0.15, 0.2) is 5.65 Å². The Morgan fingerprint density at radius 3 is 3.07 bits per heavy atom. The lowest BCUT2D eigenvalue weighted by Crippen LogP contribution is -2.31. The highest BCUT2D eigenvalue weighted by atomic mass is 32.1. The molecule has 1 saturated heterocycles. The van der Waals surface area contributed by atoms with Crippen LogP contribution < -0.4 is 5.32 Å². The minimum absolute atomic E-state index is 0.0694. The van der Waals surface area contributed by atoms with Gasteiger partial charge in [0.05, 0.1) is 17.2 Å². The molecule has 0 unspecified atom stereocenters. The average molecular weight is 405 g/mol. The second-order valence-corrected chi connectivity index (χ2v) is 7.87. The Bertz CT molecular complexity index is 1150. The molecule has 0 aromatic carbocycles. The van der Waals surface area contributed by atoms with E-state index >= 15 is 0 Å². The van der Waals surface area contributed by atoms with Crippen molar-refractivity contribution in [3.8, 4) is 22.3 Å². The number of rotatable bonds is 5. The molecular formula is C21H19N5O2S. The highest BCUT2D eigenvalue weighted by Gasteiger charge is 2.18. The topological polar surface area (TPSA) is 81.4 Å². The van der Waals surface area contributed by atoms with Gasteiger partial charge < -0.3 is 10.1 Å². The fraction of sp³-hybridized carbons (Fsp3) is 0.238. The summed E-state index contributed by atoms with van der Waals surface area (Å²) in [5.41, 5.74) is 4.52. The van der Waals surface area contributed by atoms with Gasteiger partial charge in [-0.1, -0.05) is 6.07 Å². The highest BCUT2D eigenvalue weighted by molar-refractivity contribution is 7.12. The van der Waals surface area contributed by atoms with Gasteiger partial charge in [-0.15, -0.1) is 11.3 Å². The summed E-state index contributed by atoms with van der Waals surface area (Å²) in [5, 5.41) is 9.38. The minimum atomic E-state index is -0.0694. The number of hydrogen-bond acceptors (Lipinski definition) is 6. The van der Waals surface area contributed by atoms with E-state index in [1.165, 1.54) is 11.3 Å². The maximum Gasteiger partial charge on any atom is 0.261 e. The molecule has 1 amide bonds. The first-order valence-corrected chi connectivity index (χ1v) is 10.4. The predicted molar refractivity (Wildman–Crippen MR) is 111 cm³/mol. The molecule has 4 aromatic heterocycles. The first-order chi connectivity index (χ1) is 14.3. The molecule has 0 saturated carbocycles. The minimum Gasteiger partial charge on any atom is -0.376 e. The van der Waals surface area contributed by atoms with Crippen LogP contribution in [0.5, 0.6) is 0 Å². The van der Waals surface area contributed by atoms with Crippen molar-refractivity contribution in [3.63, 3.8) is 0 Å². The lowest BCUT2D eigenvalue weighted by Gasteiger charge is -2.09. The van der Waals surface area contributed by atoms with Crippen molar-refractivity contribution in [2.75, 3.05) is 13.2 Å². The molecule has 0 radical (unpaired) electrons. The molecule has 7 nitrogen and oxygen atoms in total. The number of pyridine rings is 1. The van der Waals surface area contributed by atoms with E-state index in [1.54, 1.807) is 23.1 Å². The summed E-state index contributed by atoms with van der Waals surface area (Å²) in [6.07, 6.45) is 11.3. The van der Waals surface area contributed by atoms with E-state index in [0.29, 0.717) is 11.4 Å². The summed E-state index contributed by atoms with van der Waals surface area (Å²) >= 11 is 1.42. The molecule has 4 aromatic rings. The second kappa shape index (κ2) is 7.73. The monoisotopic (exact) mass is 405 g/mol. The fourth-order valence-electron chi connectivity index (χ4n) is 3.46. The van der Waals surface area contributed by atoms with Crippen molar-refractivity contribution in [2.24, 2.45) is 0 Å². The number of carbonyl (C=O) groups is 1. The van der Waals surface area contributed by atoms with Crippen LogP contribution in [0.15, 0.2) is 54.6 Å². The van der Waals surface area contributed by atoms with Crippen molar-refractivity contribution in [2.45, 2.75) is 18.9 Å². The Morgan fingerprint density at radius 2 is 2.24 bits per heavy atom. The normalized spacial score (nSPS) is 16.3. The molecule has 0 bridgehead atoms. The van der Waals surface area contributed by atoms with Crippen molar-refractivity contribution < 1.29 is 9.53 Å². The van der Waals surface area contributed by atoms with E-state index in [9.17, 15) is 4.79 Å². The van der Waals surface area contributed by atoms with Gasteiger partial charge in [-0.05, 0) is 35.9 Å². The summed E-state index contributed by atoms with van der Waals surface area (Å²) in [5.74, 6) is -0.0694. The maximum atomic E-state index is 12.5. The quantitative estimate of drug-likeness (QED) is 0.550. The summed E-state index contributed by atoms with van der Waals surface area (Å²) in [7, 11) is 0. The number of carbonyl (C=O) groups excluding carboxylic acids is 1. The third-order valence-corrected chi connectivity index (χ3v) is 5.93. The zero-order valence-electron chi connectivity index (χ0n) is 15.6. The lowest BCUT2D eigenvalue weighted by atomic mass is 10.1. The van der Waals surface area contributed by atoms with E-state index in [0.717, 1.165) is 47.3 Å². The second-order valence-electron chi connectivity index (χ2n) is 6.96. The first kappa shape index (κ1) is 18.0. The van der Waals surface area contributed by atoms with E-state index in [2.05, 4.69) is 20.4 Å². The molecule has 0 aliphatic carbocycles. The fourth-order valence-corrected chi connectivity index (χ4v) is 4.28. The Hall–Kier alpha value is -3.10. The van der Waals surface area contributed by atoms with Crippen molar-refractivity contribution in [3.05, 3.63) is 59.4 Å². The van der Waals surface area contributed by atoms with E-state index in [1.807, 2.05) is 36.0 Å². The van der Waals surface area contributed by atoms with Crippen LogP contribution in [0, 0.1) is 0 Å².